The van der Waals surface area contributed by atoms with Crippen molar-refractivity contribution < 1.29 is 19.4 Å². The molecule has 108 valence electrons. The number of phenolic OH excluding ortho intramolecular Hbond substituents is 1. The minimum atomic E-state index is -0.284. The first-order valence-electron chi connectivity index (χ1n) is 6.76. The third-order valence-corrected chi connectivity index (χ3v) is 3.79. The first-order valence-corrected chi connectivity index (χ1v) is 6.76. The molecule has 1 N–H and O–H groups in total. The molecule has 4 heteroatoms. The van der Waals surface area contributed by atoms with E-state index in [0.717, 1.165) is 22.4 Å². The predicted octanol–water partition coefficient (Wildman–Crippen LogP) is 3.15. The first kappa shape index (κ1) is 13.5. The molecule has 0 aromatic heterocycles. The van der Waals surface area contributed by atoms with Crippen LogP contribution in [-0.4, -0.2) is 18.2 Å². The summed E-state index contributed by atoms with van der Waals surface area (Å²) in [5.41, 5.74) is 2.90. The lowest BCUT2D eigenvalue weighted by Crippen LogP contribution is -2.21. The van der Waals surface area contributed by atoms with E-state index in [1.807, 2.05) is 31.2 Å². The number of hydrogen-bond acceptors (Lipinski definition) is 4. The molecule has 0 spiro atoms. The maximum Gasteiger partial charge on any atom is 0.312 e. The molecule has 4 nitrogen and oxygen atoms in total. The van der Waals surface area contributed by atoms with Gasteiger partial charge in [0.2, 0.25) is 0 Å². The van der Waals surface area contributed by atoms with Crippen LogP contribution in [0.3, 0.4) is 0 Å². The second kappa shape index (κ2) is 5.13. The van der Waals surface area contributed by atoms with Crippen LogP contribution in [0.15, 0.2) is 36.4 Å². The highest BCUT2D eigenvalue weighted by Crippen LogP contribution is 2.42. The fraction of sp³-hybridized carbons (Fsp3) is 0.235. The van der Waals surface area contributed by atoms with E-state index >= 15 is 0 Å². The largest absolute Gasteiger partial charge is 0.508 e. The summed E-state index contributed by atoms with van der Waals surface area (Å²) >= 11 is 0. The molecular formula is C17H16O4. The number of aryl methyl sites for hydroxylation is 1. The molecule has 1 heterocycles. The minimum Gasteiger partial charge on any atom is -0.508 e. The van der Waals surface area contributed by atoms with E-state index in [0.29, 0.717) is 12.2 Å². The van der Waals surface area contributed by atoms with E-state index in [1.54, 1.807) is 13.2 Å². The second-order valence-electron chi connectivity index (χ2n) is 5.18. The van der Waals surface area contributed by atoms with E-state index in [4.69, 9.17) is 9.47 Å². The molecule has 1 aliphatic heterocycles. The Morgan fingerprint density at radius 2 is 1.95 bits per heavy atom. The van der Waals surface area contributed by atoms with Crippen molar-refractivity contribution in [3.05, 3.63) is 53.1 Å². The molecule has 1 atom stereocenters. The number of hydrogen-bond donors (Lipinski definition) is 1. The summed E-state index contributed by atoms with van der Waals surface area (Å²) in [6, 6.07) is 10.9. The monoisotopic (exact) mass is 284 g/mol. The molecule has 0 saturated heterocycles. The van der Waals surface area contributed by atoms with Crippen LogP contribution in [0.1, 0.15) is 29.0 Å². The van der Waals surface area contributed by atoms with Crippen LogP contribution in [0, 0.1) is 6.92 Å². The van der Waals surface area contributed by atoms with Gasteiger partial charge in [-0.25, -0.2) is 0 Å². The molecule has 0 amide bonds. The van der Waals surface area contributed by atoms with Crippen LogP contribution in [0.25, 0.3) is 0 Å². The summed E-state index contributed by atoms with van der Waals surface area (Å²) in [7, 11) is 1.62. The van der Waals surface area contributed by atoms with Crippen LogP contribution in [0.4, 0.5) is 0 Å². The third-order valence-electron chi connectivity index (χ3n) is 3.79. The maximum absolute atomic E-state index is 11.8. The van der Waals surface area contributed by atoms with Gasteiger partial charge in [-0.15, -0.1) is 0 Å². The van der Waals surface area contributed by atoms with Gasteiger partial charge in [0.1, 0.15) is 17.2 Å². The lowest BCUT2D eigenvalue weighted by Gasteiger charge is -2.26. The van der Waals surface area contributed by atoms with Crippen LogP contribution in [-0.2, 0) is 4.79 Å². The molecule has 0 fully saturated rings. The molecule has 3 rings (SSSR count). The number of methoxy groups -OCH3 is 1. The van der Waals surface area contributed by atoms with Crippen LogP contribution < -0.4 is 9.47 Å². The summed E-state index contributed by atoms with van der Waals surface area (Å²) in [4.78, 5) is 11.8. The molecule has 2 aromatic carbocycles. The summed E-state index contributed by atoms with van der Waals surface area (Å²) in [5.74, 6) is 0.986. The van der Waals surface area contributed by atoms with Crippen molar-refractivity contribution in [2.24, 2.45) is 0 Å². The molecule has 2 aromatic rings. The third kappa shape index (κ3) is 2.44. The van der Waals surface area contributed by atoms with Gasteiger partial charge in [-0.2, -0.15) is 0 Å². The summed E-state index contributed by atoms with van der Waals surface area (Å²) in [6.45, 7) is 1.91. The van der Waals surface area contributed by atoms with Crippen molar-refractivity contribution in [2.75, 3.05) is 7.11 Å². The number of aromatic hydroxyl groups is 1. The Morgan fingerprint density at radius 3 is 2.62 bits per heavy atom. The van der Waals surface area contributed by atoms with Crippen LogP contribution in [0.2, 0.25) is 0 Å². The highest BCUT2D eigenvalue weighted by molar-refractivity contribution is 5.78. The van der Waals surface area contributed by atoms with Crippen molar-refractivity contribution in [1.29, 1.82) is 0 Å². The van der Waals surface area contributed by atoms with Crippen molar-refractivity contribution in [3.63, 3.8) is 0 Å². The normalized spacial score (nSPS) is 17.0. The molecule has 0 bridgehead atoms. The van der Waals surface area contributed by atoms with Gasteiger partial charge >= 0.3 is 5.97 Å². The number of benzene rings is 2. The molecule has 1 unspecified atom stereocenters. The molecule has 0 aliphatic carbocycles. The number of carbonyl (C=O) groups excluding carboxylic acids is 1. The van der Waals surface area contributed by atoms with Gasteiger partial charge in [-0.3, -0.25) is 4.79 Å². The van der Waals surface area contributed by atoms with E-state index in [1.165, 1.54) is 6.07 Å². The van der Waals surface area contributed by atoms with E-state index in [9.17, 15) is 9.90 Å². The molecule has 1 aliphatic rings. The Labute approximate surface area is 122 Å². The SMILES string of the molecule is COc1ccc(C2CC(=O)Oc3cc(O)cc(C)c32)cc1. The van der Waals surface area contributed by atoms with Crippen molar-refractivity contribution in [3.8, 4) is 17.2 Å². The smallest absolute Gasteiger partial charge is 0.312 e. The Bertz CT molecular complexity index is 689. The average molecular weight is 284 g/mol. The van der Waals surface area contributed by atoms with Crippen molar-refractivity contribution >= 4 is 5.97 Å². The fourth-order valence-corrected chi connectivity index (χ4v) is 2.83. The zero-order chi connectivity index (χ0) is 15.0. The quantitative estimate of drug-likeness (QED) is 0.680. The zero-order valence-corrected chi connectivity index (χ0v) is 11.9. The van der Waals surface area contributed by atoms with Gasteiger partial charge in [-0.05, 0) is 36.2 Å². The number of rotatable bonds is 2. The maximum atomic E-state index is 11.8. The fourth-order valence-electron chi connectivity index (χ4n) is 2.83. The van der Waals surface area contributed by atoms with Gasteiger partial charge in [0, 0.05) is 17.5 Å². The Balaban J connectivity index is 2.09. The predicted molar refractivity (Wildman–Crippen MR) is 77.9 cm³/mol. The molecule has 0 radical (unpaired) electrons. The minimum absolute atomic E-state index is 0.0623. The highest BCUT2D eigenvalue weighted by atomic mass is 16.5. The van der Waals surface area contributed by atoms with Gasteiger partial charge in [0.25, 0.3) is 0 Å². The summed E-state index contributed by atoms with van der Waals surface area (Å²) < 4.78 is 10.4. The Morgan fingerprint density at radius 1 is 1.24 bits per heavy atom. The first-order chi connectivity index (χ1) is 10.1. The van der Waals surface area contributed by atoms with Gasteiger partial charge in [0.15, 0.2) is 0 Å². The number of phenols is 1. The average Bonchev–Trinajstić information content (AvgIpc) is 2.45. The van der Waals surface area contributed by atoms with Crippen molar-refractivity contribution in [2.45, 2.75) is 19.3 Å². The number of esters is 1. The van der Waals surface area contributed by atoms with Crippen molar-refractivity contribution in [1.82, 2.24) is 0 Å². The lowest BCUT2D eigenvalue weighted by molar-refractivity contribution is -0.135. The van der Waals surface area contributed by atoms with Crippen LogP contribution in [0.5, 0.6) is 17.2 Å². The number of carbonyl (C=O) groups is 1. The second-order valence-corrected chi connectivity index (χ2v) is 5.18. The molecule has 0 saturated carbocycles. The van der Waals surface area contributed by atoms with Crippen LogP contribution >= 0.6 is 0 Å². The van der Waals surface area contributed by atoms with Gasteiger partial charge < -0.3 is 14.6 Å². The topological polar surface area (TPSA) is 55.8 Å². The van der Waals surface area contributed by atoms with E-state index in [-0.39, 0.29) is 17.6 Å². The molecular weight excluding hydrogens is 268 g/mol. The standard InChI is InChI=1S/C17H16O4/c1-10-7-12(18)8-15-17(10)14(9-16(19)21-15)11-3-5-13(20-2)6-4-11/h3-8,14,18H,9H2,1-2H3. The zero-order valence-electron chi connectivity index (χ0n) is 11.9. The summed E-state index contributed by atoms with van der Waals surface area (Å²) in [6.07, 6.45) is 0.297. The Kier molecular flexibility index (Phi) is 3.29. The van der Waals surface area contributed by atoms with E-state index in [2.05, 4.69) is 0 Å². The van der Waals surface area contributed by atoms with Gasteiger partial charge in [-0.1, -0.05) is 12.1 Å². The van der Waals surface area contributed by atoms with Gasteiger partial charge in [0.05, 0.1) is 13.5 Å². The highest BCUT2D eigenvalue weighted by Gasteiger charge is 2.30. The molecule has 21 heavy (non-hydrogen) atoms. The number of ether oxygens (including phenoxy) is 2. The Hall–Kier alpha value is -2.49. The lowest BCUT2D eigenvalue weighted by atomic mass is 9.84. The number of fused-ring (bicyclic) bond motifs is 1. The van der Waals surface area contributed by atoms with E-state index < -0.39 is 0 Å². The summed E-state index contributed by atoms with van der Waals surface area (Å²) in [5, 5.41) is 9.67.